The molecule has 0 bridgehead atoms. The van der Waals surface area contributed by atoms with Gasteiger partial charge in [-0.05, 0) is 17.7 Å². The summed E-state index contributed by atoms with van der Waals surface area (Å²) >= 11 is 0. The summed E-state index contributed by atoms with van der Waals surface area (Å²) in [4.78, 5) is 0.211. The van der Waals surface area contributed by atoms with Crippen LogP contribution in [0.5, 0.6) is 11.5 Å². The SMILES string of the molecule is CN(CC(C)(C)c1ccccc1)S(=O)(=O)c1ccc2c(c1)OCCO2. The summed E-state index contributed by atoms with van der Waals surface area (Å²) in [6.07, 6.45) is 0. The number of benzene rings is 2. The van der Waals surface area contributed by atoms with Crippen LogP contribution in [0.4, 0.5) is 0 Å². The van der Waals surface area contributed by atoms with Gasteiger partial charge < -0.3 is 9.47 Å². The third-order valence-corrected chi connectivity index (χ3v) is 6.19. The molecule has 0 radical (unpaired) electrons. The highest BCUT2D eigenvalue weighted by molar-refractivity contribution is 7.89. The maximum atomic E-state index is 13.0. The Hall–Kier alpha value is -2.05. The highest BCUT2D eigenvalue weighted by Crippen LogP contribution is 2.33. The highest BCUT2D eigenvalue weighted by atomic mass is 32.2. The van der Waals surface area contributed by atoms with Gasteiger partial charge in [-0.25, -0.2) is 12.7 Å². The summed E-state index contributed by atoms with van der Waals surface area (Å²) in [5.74, 6) is 1.06. The van der Waals surface area contributed by atoms with Crippen molar-refractivity contribution < 1.29 is 17.9 Å². The first-order valence-corrected chi connectivity index (χ1v) is 9.66. The van der Waals surface area contributed by atoms with E-state index < -0.39 is 10.0 Å². The van der Waals surface area contributed by atoms with Crippen LogP contribution in [0.15, 0.2) is 53.4 Å². The van der Waals surface area contributed by atoms with Crippen LogP contribution in [0.2, 0.25) is 0 Å². The lowest BCUT2D eigenvalue weighted by Gasteiger charge is -2.30. The number of fused-ring (bicyclic) bond motifs is 1. The molecular formula is C19H23NO4S. The smallest absolute Gasteiger partial charge is 0.242 e. The number of nitrogens with zero attached hydrogens (tertiary/aromatic N) is 1. The molecule has 1 heterocycles. The Morgan fingerprint density at radius 3 is 2.32 bits per heavy atom. The predicted molar refractivity (Wildman–Crippen MR) is 96.7 cm³/mol. The minimum Gasteiger partial charge on any atom is -0.486 e. The number of hydrogen-bond acceptors (Lipinski definition) is 4. The number of sulfonamides is 1. The Labute approximate surface area is 149 Å². The van der Waals surface area contributed by atoms with E-state index in [1.54, 1.807) is 19.2 Å². The third-order valence-electron chi connectivity index (χ3n) is 4.40. The fraction of sp³-hybridized carbons (Fsp3) is 0.368. The van der Waals surface area contributed by atoms with Gasteiger partial charge in [0.25, 0.3) is 0 Å². The van der Waals surface area contributed by atoms with Gasteiger partial charge in [0.1, 0.15) is 13.2 Å². The van der Waals surface area contributed by atoms with Crippen molar-refractivity contribution >= 4 is 10.0 Å². The first-order chi connectivity index (χ1) is 11.8. The molecule has 0 atom stereocenters. The zero-order valence-electron chi connectivity index (χ0n) is 14.7. The molecule has 0 N–H and O–H groups in total. The van der Waals surface area contributed by atoms with Crippen molar-refractivity contribution in [3.8, 4) is 11.5 Å². The van der Waals surface area contributed by atoms with Crippen molar-refractivity contribution in [1.29, 1.82) is 0 Å². The molecule has 25 heavy (non-hydrogen) atoms. The van der Waals surface area contributed by atoms with Crippen molar-refractivity contribution in [2.45, 2.75) is 24.2 Å². The van der Waals surface area contributed by atoms with Crippen molar-refractivity contribution in [3.05, 3.63) is 54.1 Å². The maximum absolute atomic E-state index is 13.0. The van der Waals surface area contributed by atoms with Crippen LogP contribution in [0.1, 0.15) is 19.4 Å². The molecule has 134 valence electrons. The minimum absolute atomic E-state index is 0.211. The molecule has 1 aliphatic rings. The Bertz CT molecular complexity index is 847. The molecule has 2 aromatic rings. The molecule has 5 nitrogen and oxygen atoms in total. The summed E-state index contributed by atoms with van der Waals surface area (Å²) in [7, 11) is -2.01. The normalized spacial score (nSPS) is 14.6. The average molecular weight is 361 g/mol. The van der Waals surface area contributed by atoms with Gasteiger partial charge in [0, 0.05) is 25.1 Å². The fourth-order valence-electron chi connectivity index (χ4n) is 2.99. The van der Waals surface area contributed by atoms with Crippen LogP contribution in [-0.2, 0) is 15.4 Å². The second-order valence-corrected chi connectivity index (χ2v) is 8.86. The summed E-state index contributed by atoms with van der Waals surface area (Å²) in [5.41, 5.74) is 0.788. The lowest BCUT2D eigenvalue weighted by atomic mass is 9.85. The molecule has 0 aromatic heterocycles. The molecule has 0 saturated carbocycles. The van der Waals surface area contributed by atoms with Crippen LogP contribution in [0.25, 0.3) is 0 Å². The monoisotopic (exact) mass is 361 g/mol. The quantitative estimate of drug-likeness (QED) is 0.821. The number of hydrogen-bond donors (Lipinski definition) is 0. The summed E-state index contributed by atoms with van der Waals surface area (Å²) < 4.78 is 38.3. The van der Waals surface area contributed by atoms with Gasteiger partial charge in [-0.15, -0.1) is 0 Å². The zero-order valence-corrected chi connectivity index (χ0v) is 15.5. The van der Waals surface area contributed by atoms with Gasteiger partial charge in [-0.2, -0.15) is 0 Å². The summed E-state index contributed by atoms with van der Waals surface area (Å²) in [6.45, 7) is 5.35. The van der Waals surface area contributed by atoms with Gasteiger partial charge in [-0.1, -0.05) is 44.2 Å². The van der Waals surface area contributed by atoms with E-state index in [-0.39, 0.29) is 10.3 Å². The van der Waals surface area contributed by atoms with E-state index in [9.17, 15) is 8.42 Å². The standard InChI is InChI=1S/C19H23NO4S/c1-19(2,15-7-5-4-6-8-15)14-20(3)25(21,22)16-9-10-17-18(13-16)24-12-11-23-17/h4-10,13H,11-12,14H2,1-3H3. The topological polar surface area (TPSA) is 55.8 Å². The third kappa shape index (κ3) is 3.65. The van der Waals surface area contributed by atoms with Crippen LogP contribution in [-0.4, -0.2) is 39.5 Å². The van der Waals surface area contributed by atoms with Gasteiger partial charge in [0.15, 0.2) is 11.5 Å². The minimum atomic E-state index is -3.62. The number of rotatable bonds is 5. The first-order valence-electron chi connectivity index (χ1n) is 8.22. The van der Waals surface area contributed by atoms with E-state index in [1.807, 2.05) is 44.2 Å². The Morgan fingerprint density at radius 1 is 1.00 bits per heavy atom. The van der Waals surface area contributed by atoms with Crippen LogP contribution in [0.3, 0.4) is 0 Å². The van der Waals surface area contributed by atoms with Crippen molar-refractivity contribution in [2.24, 2.45) is 0 Å². The molecule has 1 aliphatic heterocycles. The molecule has 3 rings (SSSR count). The van der Waals surface area contributed by atoms with E-state index in [1.165, 1.54) is 10.4 Å². The first kappa shape index (κ1) is 17.8. The van der Waals surface area contributed by atoms with Gasteiger partial charge in [-0.3, -0.25) is 0 Å². The molecule has 0 aliphatic carbocycles. The zero-order chi connectivity index (χ0) is 18.1. The lowest BCUT2D eigenvalue weighted by Crippen LogP contribution is -2.38. The molecule has 0 saturated heterocycles. The Kier molecular flexibility index (Phi) is 4.75. The fourth-order valence-corrected chi connectivity index (χ4v) is 4.33. The van der Waals surface area contributed by atoms with Crippen LogP contribution in [0, 0.1) is 0 Å². The molecule has 0 amide bonds. The van der Waals surface area contributed by atoms with E-state index in [0.29, 0.717) is 31.3 Å². The molecule has 2 aromatic carbocycles. The van der Waals surface area contributed by atoms with Crippen molar-refractivity contribution in [2.75, 3.05) is 26.8 Å². The largest absolute Gasteiger partial charge is 0.486 e. The van der Waals surface area contributed by atoms with Crippen molar-refractivity contribution in [1.82, 2.24) is 4.31 Å². The number of likely N-dealkylation sites (N-methyl/N-ethyl adjacent to an activating group) is 1. The number of ether oxygens (including phenoxy) is 2. The average Bonchev–Trinajstić information content (AvgIpc) is 2.61. The predicted octanol–water partition coefficient (Wildman–Crippen LogP) is 3.06. The van der Waals surface area contributed by atoms with Gasteiger partial charge >= 0.3 is 0 Å². The van der Waals surface area contributed by atoms with Crippen LogP contribution >= 0.6 is 0 Å². The maximum Gasteiger partial charge on any atom is 0.242 e. The second kappa shape index (κ2) is 6.69. The van der Waals surface area contributed by atoms with E-state index in [0.717, 1.165) is 5.56 Å². The van der Waals surface area contributed by atoms with Gasteiger partial charge in [0.05, 0.1) is 4.90 Å². The van der Waals surface area contributed by atoms with Crippen molar-refractivity contribution in [3.63, 3.8) is 0 Å². The van der Waals surface area contributed by atoms with Gasteiger partial charge in [0.2, 0.25) is 10.0 Å². The Morgan fingerprint density at radius 2 is 1.64 bits per heavy atom. The molecule has 0 spiro atoms. The van der Waals surface area contributed by atoms with E-state index >= 15 is 0 Å². The molecular weight excluding hydrogens is 338 g/mol. The second-order valence-electron chi connectivity index (χ2n) is 6.82. The molecule has 6 heteroatoms. The van der Waals surface area contributed by atoms with Crippen LogP contribution < -0.4 is 9.47 Å². The molecule has 0 fully saturated rings. The lowest BCUT2D eigenvalue weighted by molar-refractivity contribution is 0.171. The summed E-state index contributed by atoms with van der Waals surface area (Å²) in [6, 6.07) is 14.7. The van der Waals surface area contributed by atoms with E-state index in [4.69, 9.17) is 9.47 Å². The summed E-state index contributed by atoms with van der Waals surface area (Å²) in [5, 5.41) is 0. The highest BCUT2D eigenvalue weighted by Gasteiger charge is 2.30. The van der Waals surface area contributed by atoms with E-state index in [2.05, 4.69) is 0 Å². The molecule has 0 unspecified atom stereocenters. The Balaban J connectivity index is 1.84.